The van der Waals surface area contributed by atoms with Gasteiger partial charge in [-0.15, -0.1) is 11.6 Å². The van der Waals surface area contributed by atoms with Crippen LogP contribution in [0.15, 0.2) is 30.6 Å². The number of hydrogen-bond donors (Lipinski definition) is 0. The van der Waals surface area contributed by atoms with Gasteiger partial charge in [-0.3, -0.25) is 4.98 Å². The molecule has 4 heteroatoms. The van der Waals surface area contributed by atoms with Crippen molar-refractivity contribution in [2.45, 2.75) is 19.7 Å². The summed E-state index contributed by atoms with van der Waals surface area (Å²) in [4.78, 5) is 8.27. The van der Waals surface area contributed by atoms with Crippen LogP contribution in [0, 0.1) is 13.8 Å². The van der Waals surface area contributed by atoms with E-state index in [9.17, 15) is 0 Å². The van der Waals surface area contributed by atoms with Gasteiger partial charge >= 0.3 is 0 Å². The van der Waals surface area contributed by atoms with Crippen LogP contribution in [-0.2, 0) is 5.88 Å². The fourth-order valence-corrected chi connectivity index (χ4v) is 1.53. The summed E-state index contributed by atoms with van der Waals surface area (Å²) in [6.45, 7) is 4.02. The maximum Gasteiger partial charge on any atom is 0.237 e. The molecule has 0 aliphatic heterocycles. The maximum absolute atomic E-state index is 5.67. The van der Waals surface area contributed by atoms with E-state index >= 15 is 0 Å². The predicted molar refractivity (Wildman–Crippen MR) is 67.6 cm³/mol. The van der Waals surface area contributed by atoms with Crippen molar-refractivity contribution < 1.29 is 4.74 Å². The zero-order valence-electron chi connectivity index (χ0n) is 9.77. The molecule has 0 spiro atoms. The number of ether oxygens (including phenoxy) is 1. The number of aromatic nitrogens is 2. The Labute approximate surface area is 105 Å². The Balaban J connectivity index is 2.22. The number of aryl methyl sites for hydroxylation is 2. The molecule has 88 valence electrons. The van der Waals surface area contributed by atoms with E-state index in [-0.39, 0.29) is 0 Å². The van der Waals surface area contributed by atoms with Crippen molar-refractivity contribution >= 4 is 11.6 Å². The molecule has 0 radical (unpaired) electrons. The molecule has 2 rings (SSSR count). The van der Waals surface area contributed by atoms with Gasteiger partial charge in [-0.2, -0.15) is 0 Å². The van der Waals surface area contributed by atoms with Crippen LogP contribution in [0.5, 0.6) is 11.6 Å². The molecule has 0 bridgehead atoms. The highest BCUT2D eigenvalue weighted by Gasteiger charge is 2.03. The third-order valence-corrected chi connectivity index (χ3v) is 2.65. The highest BCUT2D eigenvalue weighted by Crippen LogP contribution is 2.24. The first kappa shape index (κ1) is 11.9. The lowest BCUT2D eigenvalue weighted by Crippen LogP contribution is -1.93. The number of hydrogen-bond acceptors (Lipinski definition) is 3. The van der Waals surface area contributed by atoms with E-state index < -0.39 is 0 Å². The Hall–Kier alpha value is -1.61. The van der Waals surface area contributed by atoms with Crippen LogP contribution >= 0.6 is 11.6 Å². The predicted octanol–water partition coefficient (Wildman–Crippen LogP) is 3.62. The molecule has 1 aromatic heterocycles. The minimum absolute atomic E-state index is 0.358. The Morgan fingerprint density at radius 3 is 2.65 bits per heavy atom. The number of halogens is 1. The van der Waals surface area contributed by atoms with Gasteiger partial charge in [-0.05, 0) is 31.0 Å². The van der Waals surface area contributed by atoms with Crippen molar-refractivity contribution in [1.82, 2.24) is 9.97 Å². The zero-order chi connectivity index (χ0) is 12.3. The second-order valence-electron chi connectivity index (χ2n) is 3.85. The van der Waals surface area contributed by atoms with Gasteiger partial charge in [-0.1, -0.05) is 12.1 Å². The molecule has 0 atom stereocenters. The van der Waals surface area contributed by atoms with E-state index in [0.717, 1.165) is 22.6 Å². The third kappa shape index (κ3) is 2.94. The fourth-order valence-electron chi connectivity index (χ4n) is 1.39. The number of benzene rings is 1. The summed E-state index contributed by atoms with van der Waals surface area (Å²) in [5.74, 6) is 1.64. The highest BCUT2D eigenvalue weighted by atomic mass is 35.5. The molecule has 3 nitrogen and oxygen atoms in total. The molecular weight excluding hydrogens is 236 g/mol. The van der Waals surface area contributed by atoms with Crippen LogP contribution in [0.2, 0.25) is 0 Å². The van der Waals surface area contributed by atoms with E-state index in [1.165, 1.54) is 0 Å². The van der Waals surface area contributed by atoms with Crippen LogP contribution in [0.25, 0.3) is 0 Å². The average Bonchev–Trinajstić information content (AvgIpc) is 2.35. The Bertz CT molecular complexity index is 511. The molecule has 1 aromatic carbocycles. The second-order valence-corrected chi connectivity index (χ2v) is 4.12. The Morgan fingerprint density at radius 1 is 1.18 bits per heavy atom. The molecule has 0 aliphatic rings. The molecule has 2 aromatic rings. The van der Waals surface area contributed by atoms with Crippen LogP contribution in [0.3, 0.4) is 0 Å². The van der Waals surface area contributed by atoms with Crippen molar-refractivity contribution in [2.75, 3.05) is 0 Å². The van der Waals surface area contributed by atoms with Crippen molar-refractivity contribution in [3.63, 3.8) is 0 Å². The quantitative estimate of drug-likeness (QED) is 0.778. The Kier molecular flexibility index (Phi) is 3.59. The van der Waals surface area contributed by atoms with Crippen molar-refractivity contribution in [3.05, 3.63) is 47.4 Å². The smallest absolute Gasteiger partial charge is 0.237 e. The van der Waals surface area contributed by atoms with Gasteiger partial charge in [0.1, 0.15) is 5.75 Å². The first-order chi connectivity index (χ1) is 8.19. The summed E-state index contributed by atoms with van der Waals surface area (Å²) in [5, 5.41) is 0. The molecule has 0 unspecified atom stereocenters. The summed E-state index contributed by atoms with van der Waals surface area (Å²) >= 11 is 5.64. The Morgan fingerprint density at radius 2 is 2.00 bits per heavy atom. The topological polar surface area (TPSA) is 35.0 Å². The molecule has 0 aliphatic carbocycles. The molecule has 0 fully saturated rings. The summed E-state index contributed by atoms with van der Waals surface area (Å²) in [6, 6.07) is 6.04. The standard InChI is InChI=1S/C13H13ClN2O/c1-9-3-4-10(2)12(5-9)17-13-8-15-11(6-14)7-16-13/h3-5,7-8H,6H2,1-2H3. The minimum Gasteiger partial charge on any atom is -0.437 e. The third-order valence-electron chi connectivity index (χ3n) is 2.38. The van der Waals surface area contributed by atoms with E-state index in [4.69, 9.17) is 16.3 Å². The average molecular weight is 249 g/mol. The van der Waals surface area contributed by atoms with Gasteiger partial charge in [0.15, 0.2) is 0 Å². The first-order valence-electron chi connectivity index (χ1n) is 5.31. The van der Waals surface area contributed by atoms with E-state index in [0.29, 0.717) is 11.8 Å². The maximum atomic E-state index is 5.67. The number of alkyl halides is 1. The van der Waals surface area contributed by atoms with E-state index in [2.05, 4.69) is 9.97 Å². The molecule has 0 saturated heterocycles. The largest absolute Gasteiger partial charge is 0.437 e. The lowest BCUT2D eigenvalue weighted by atomic mass is 10.1. The number of rotatable bonds is 3. The molecule has 0 N–H and O–H groups in total. The molecule has 0 amide bonds. The van der Waals surface area contributed by atoms with Crippen LogP contribution in [-0.4, -0.2) is 9.97 Å². The van der Waals surface area contributed by atoms with Gasteiger partial charge in [0.2, 0.25) is 5.88 Å². The lowest BCUT2D eigenvalue weighted by molar-refractivity contribution is 0.456. The fraction of sp³-hybridized carbons (Fsp3) is 0.231. The van der Waals surface area contributed by atoms with Crippen molar-refractivity contribution in [3.8, 4) is 11.6 Å². The SMILES string of the molecule is Cc1ccc(C)c(Oc2cnc(CCl)cn2)c1. The minimum atomic E-state index is 0.358. The van der Waals surface area contributed by atoms with Gasteiger partial charge in [0.05, 0.1) is 24.0 Å². The van der Waals surface area contributed by atoms with Gasteiger partial charge in [-0.25, -0.2) is 4.98 Å². The van der Waals surface area contributed by atoms with E-state index in [1.54, 1.807) is 12.4 Å². The highest BCUT2D eigenvalue weighted by molar-refractivity contribution is 6.16. The monoisotopic (exact) mass is 248 g/mol. The van der Waals surface area contributed by atoms with Crippen LogP contribution in [0.1, 0.15) is 16.8 Å². The second kappa shape index (κ2) is 5.15. The van der Waals surface area contributed by atoms with Crippen molar-refractivity contribution in [1.29, 1.82) is 0 Å². The molecule has 17 heavy (non-hydrogen) atoms. The normalized spacial score (nSPS) is 10.3. The van der Waals surface area contributed by atoms with Crippen LogP contribution in [0.4, 0.5) is 0 Å². The summed E-state index contributed by atoms with van der Waals surface area (Å²) in [5.41, 5.74) is 2.95. The van der Waals surface area contributed by atoms with Crippen LogP contribution < -0.4 is 4.74 Å². The van der Waals surface area contributed by atoms with Crippen molar-refractivity contribution in [2.24, 2.45) is 0 Å². The van der Waals surface area contributed by atoms with Gasteiger partial charge < -0.3 is 4.74 Å². The summed E-state index contributed by atoms with van der Waals surface area (Å²) in [7, 11) is 0. The van der Waals surface area contributed by atoms with E-state index in [1.807, 2.05) is 32.0 Å². The van der Waals surface area contributed by atoms with Gasteiger partial charge in [0.25, 0.3) is 0 Å². The summed E-state index contributed by atoms with van der Waals surface area (Å²) in [6.07, 6.45) is 3.20. The summed E-state index contributed by atoms with van der Waals surface area (Å²) < 4.78 is 5.67. The first-order valence-corrected chi connectivity index (χ1v) is 5.84. The molecule has 0 saturated carbocycles. The zero-order valence-corrected chi connectivity index (χ0v) is 10.5. The lowest BCUT2D eigenvalue weighted by Gasteiger charge is -2.08. The van der Waals surface area contributed by atoms with Gasteiger partial charge in [0, 0.05) is 0 Å². The number of nitrogens with zero attached hydrogens (tertiary/aromatic N) is 2. The molecule has 1 heterocycles. The molecular formula is C13H13ClN2O.